The zero-order valence-corrected chi connectivity index (χ0v) is 8.94. The van der Waals surface area contributed by atoms with Gasteiger partial charge in [-0.05, 0) is 36.4 Å². The maximum Gasteiger partial charge on any atom is 0.256 e. The van der Waals surface area contributed by atoms with Crippen molar-refractivity contribution in [2.75, 3.05) is 11.1 Å². The van der Waals surface area contributed by atoms with E-state index in [0.717, 1.165) is 11.3 Å². The average Bonchev–Trinajstić information content (AvgIpc) is 2.90. The second kappa shape index (κ2) is 3.52. The smallest absolute Gasteiger partial charge is 0.256 e. The van der Waals surface area contributed by atoms with Gasteiger partial charge in [0.1, 0.15) is 5.76 Å². The van der Waals surface area contributed by atoms with Crippen LogP contribution in [0, 0.1) is 0 Å². The number of carbonyl (C=O) groups excluding carboxylic acids is 1. The van der Waals surface area contributed by atoms with Crippen molar-refractivity contribution in [3.05, 3.63) is 47.9 Å². The Balaban J connectivity index is 2.13. The number of fused-ring (bicyclic) bond motifs is 1. The van der Waals surface area contributed by atoms with E-state index in [0.29, 0.717) is 17.0 Å². The van der Waals surface area contributed by atoms with Gasteiger partial charge in [-0.25, -0.2) is 0 Å². The monoisotopic (exact) mass is 226 g/mol. The number of hydrogen-bond acceptors (Lipinski definition) is 3. The molecule has 17 heavy (non-hydrogen) atoms. The summed E-state index contributed by atoms with van der Waals surface area (Å²) in [6.45, 7) is 0. The second-order valence-electron chi connectivity index (χ2n) is 3.83. The van der Waals surface area contributed by atoms with E-state index in [1.165, 1.54) is 0 Å². The number of nitrogens with two attached hydrogens (primary N) is 1. The van der Waals surface area contributed by atoms with Gasteiger partial charge in [0.2, 0.25) is 0 Å². The third-order valence-electron chi connectivity index (χ3n) is 2.66. The fourth-order valence-electron chi connectivity index (χ4n) is 1.86. The normalized spacial score (nSPS) is 16.0. The lowest BCUT2D eigenvalue weighted by Gasteiger charge is -1.99. The first kappa shape index (κ1) is 9.72. The van der Waals surface area contributed by atoms with E-state index in [9.17, 15) is 4.79 Å². The SMILES string of the molecule is Nc1ccc2c(c1)/C(=C\c1ccco1)C(=O)N2. The second-order valence-corrected chi connectivity index (χ2v) is 3.83. The Labute approximate surface area is 97.7 Å². The fourth-order valence-corrected chi connectivity index (χ4v) is 1.86. The Morgan fingerprint density at radius 2 is 2.18 bits per heavy atom. The van der Waals surface area contributed by atoms with Gasteiger partial charge in [-0.3, -0.25) is 4.79 Å². The summed E-state index contributed by atoms with van der Waals surface area (Å²) in [6.07, 6.45) is 3.28. The predicted molar refractivity (Wildman–Crippen MR) is 66.1 cm³/mol. The van der Waals surface area contributed by atoms with Crippen LogP contribution in [0.15, 0.2) is 41.0 Å². The van der Waals surface area contributed by atoms with Gasteiger partial charge in [0.15, 0.2) is 0 Å². The van der Waals surface area contributed by atoms with Crippen molar-refractivity contribution < 1.29 is 9.21 Å². The van der Waals surface area contributed by atoms with Crippen LogP contribution in [0.4, 0.5) is 11.4 Å². The molecule has 1 aromatic carbocycles. The highest BCUT2D eigenvalue weighted by atomic mass is 16.3. The van der Waals surface area contributed by atoms with E-state index in [1.54, 1.807) is 42.7 Å². The van der Waals surface area contributed by atoms with Crippen LogP contribution >= 0.6 is 0 Å². The first-order chi connectivity index (χ1) is 8.24. The summed E-state index contributed by atoms with van der Waals surface area (Å²) >= 11 is 0. The molecule has 0 radical (unpaired) electrons. The van der Waals surface area contributed by atoms with E-state index in [-0.39, 0.29) is 5.91 Å². The highest BCUT2D eigenvalue weighted by molar-refractivity contribution is 6.34. The summed E-state index contributed by atoms with van der Waals surface area (Å²) in [5, 5.41) is 2.78. The number of nitrogens with one attached hydrogen (secondary N) is 1. The molecule has 3 rings (SSSR count). The highest BCUT2D eigenvalue weighted by Crippen LogP contribution is 2.34. The zero-order valence-electron chi connectivity index (χ0n) is 8.94. The zero-order chi connectivity index (χ0) is 11.8. The Morgan fingerprint density at radius 3 is 2.94 bits per heavy atom. The number of nitrogen functional groups attached to an aromatic ring is 1. The lowest BCUT2D eigenvalue weighted by Crippen LogP contribution is -2.03. The first-order valence-electron chi connectivity index (χ1n) is 5.20. The van der Waals surface area contributed by atoms with Gasteiger partial charge in [-0.15, -0.1) is 0 Å². The number of benzene rings is 1. The lowest BCUT2D eigenvalue weighted by atomic mass is 10.1. The van der Waals surface area contributed by atoms with E-state index >= 15 is 0 Å². The molecule has 0 unspecified atom stereocenters. The van der Waals surface area contributed by atoms with Crippen LogP contribution in [0.2, 0.25) is 0 Å². The van der Waals surface area contributed by atoms with Crippen molar-refractivity contribution in [3.63, 3.8) is 0 Å². The number of rotatable bonds is 1. The average molecular weight is 226 g/mol. The minimum atomic E-state index is -0.137. The maximum absolute atomic E-state index is 11.8. The topological polar surface area (TPSA) is 68.3 Å². The van der Waals surface area contributed by atoms with Gasteiger partial charge in [0.05, 0.1) is 11.8 Å². The van der Waals surface area contributed by atoms with Crippen LogP contribution in [-0.2, 0) is 4.79 Å². The largest absolute Gasteiger partial charge is 0.465 e. The molecule has 0 fully saturated rings. The van der Waals surface area contributed by atoms with Crippen molar-refractivity contribution in [1.29, 1.82) is 0 Å². The molecule has 3 N–H and O–H groups in total. The Hall–Kier alpha value is -2.49. The minimum Gasteiger partial charge on any atom is -0.465 e. The Morgan fingerprint density at radius 1 is 1.29 bits per heavy atom. The van der Waals surface area contributed by atoms with Crippen molar-refractivity contribution >= 4 is 28.9 Å². The molecule has 1 aliphatic rings. The number of furan rings is 1. The van der Waals surface area contributed by atoms with E-state index in [2.05, 4.69) is 5.32 Å². The van der Waals surface area contributed by atoms with Crippen LogP contribution in [-0.4, -0.2) is 5.91 Å². The molecule has 4 heteroatoms. The Kier molecular flexibility index (Phi) is 2.01. The molecule has 0 spiro atoms. The molecule has 1 amide bonds. The van der Waals surface area contributed by atoms with Gasteiger partial charge in [0.25, 0.3) is 5.91 Å². The molecule has 4 nitrogen and oxygen atoms in total. The van der Waals surface area contributed by atoms with Crippen LogP contribution in [0.25, 0.3) is 11.6 Å². The Bertz CT molecular complexity index is 612. The van der Waals surface area contributed by atoms with Crippen LogP contribution in [0.5, 0.6) is 0 Å². The van der Waals surface area contributed by atoms with Crippen molar-refractivity contribution in [3.8, 4) is 0 Å². The van der Waals surface area contributed by atoms with Crippen molar-refractivity contribution in [2.45, 2.75) is 0 Å². The molecule has 0 aliphatic carbocycles. The molecule has 1 aromatic heterocycles. The molecule has 0 saturated carbocycles. The van der Waals surface area contributed by atoms with E-state index in [4.69, 9.17) is 10.2 Å². The number of hydrogen-bond donors (Lipinski definition) is 2. The highest BCUT2D eigenvalue weighted by Gasteiger charge is 2.24. The van der Waals surface area contributed by atoms with Gasteiger partial charge >= 0.3 is 0 Å². The lowest BCUT2D eigenvalue weighted by molar-refractivity contribution is -0.110. The number of carbonyl (C=O) groups is 1. The molecule has 0 atom stereocenters. The van der Waals surface area contributed by atoms with E-state index in [1.807, 2.05) is 0 Å². The predicted octanol–water partition coefficient (Wildman–Crippen LogP) is 2.35. The molecule has 0 bridgehead atoms. The standard InChI is InChI=1S/C13H10N2O2/c14-8-3-4-12-10(6-8)11(13(16)15-12)7-9-2-1-5-17-9/h1-7H,14H2,(H,15,16)/b11-7+. The summed E-state index contributed by atoms with van der Waals surface area (Å²) in [7, 11) is 0. The fraction of sp³-hybridized carbons (Fsp3) is 0. The van der Waals surface area contributed by atoms with Gasteiger partial charge in [0, 0.05) is 16.9 Å². The molecular formula is C13H10N2O2. The molecule has 2 heterocycles. The quantitative estimate of drug-likeness (QED) is 0.579. The molecule has 2 aromatic rings. The van der Waals surface area contributed by atoms with Gasteiger partial charge < -0.3 is 15.5 Å². The first-order valence-corrected chi connectivity index (χ1v) is 5.20. The van der Waals surface area contributed by atoms with Gasteiger partial charge in [-0.1, -0.05) is 0 Å². The summed E-state index contributed by atoms with van der Waals surface area (Å²) in [6, 6.07) is 8.91. The summed E-state index contributed by atoms with van der Waals surface area (Å²) < 4.78 is 5.20. The molecule has 0 saturated heterocycles. The number of amides is 1. The molecular weight excluding hydrogens is 216 g/mol. The van der Waals surface area contributed by atoms with Crippen LogP contribution in [0.3, 0.4) is 0 Å². The third-order valence-corrected chi connectivity index (χ3v) is 2.66. The summed E-state index contributed by atoms with van der Waals surface area (Å²) in [4.78, 5) is 11.8. The molecule has 84 valence electrons. The number of anilines is 2. The minimum absolute atomic E-state index is 0.137. The van der Waals surface area contributed by atoms with E-state index < -0.39 is 0 Å². The van der Waals surface area contributed by atoms with Crippen LogP contribution < -0.4 is 11.1 Å². The third kappa shape index (κ3) is 1.59. The summed E-state index contributed by atoms with van der Waals surface area (Å²) in [5.74, 6) is 0.507. The summed E-state index contributed by atoms with van der Waals surface area (Å²) in [5.41, 5.74) is 8.51. The van der Waals surface area contributed by atoms with Crippen molar-refractivity contribution in [1.82, 2.24) is 0 Å². The van der Waals surface area contributed by atoms with Crippen LogP contribution in [0.1, 0.15) is 11.3 Å². The van der Waals surface area contributed by atoms with Gasteiger partial charge in [-0.2, -0.15) is 0 Å². The molecule has 1 aliphatic heterocycles. The maximum atomic E-state index is 11.8. The van der Waals surface area contributed by atoms with Crippen molar-refractivity contribution in [2.24, 2.45) is 0 Å².